The van der Waals surface area contributed by atoms with Gasteiger partial charge in [0.05, 0.1) is 5.56 Å². The van der Waals surface area contributed by atoms with Crippen LogP contribution in [0.3, 0.4) is 0 Å². The minimum Gasteiger partial charge on any atom is -0.366 e. The van der Waals surface area contributed by atoms with Gasteiger partial charge < -0.3 is 11.1 Å². The lowest BCUT2D eigenvalue weighted by Crippen LogP contribution is -2.19. The third-order valence-electron chi connectivity index (χ3n) is 4.05. The van der Waals surface area contributed by atoms with Crippen LogP contribution in [0.15, 0.2) is 6.07 Å². The molecule has 1 heterocycles. The van der Waals surface area contributed by atoms with Crippen molar-refractivity contribution in [2.24, 2.45) is 11.1 Å². The highest BCUT2D eigenvalue weighted by Crippen LogP contribution is 2.45. The Bertz CT molecular complexity index is 524. The molecule has 20 heavy (non-hydrogen) atoms. The van der Waals surface area contributed by atoms with Crippen molar-refractivity contribution >= 4 is 28.2 Å². The van der Waals surface area contributed by atoms with Crippen molar-refractivity contribution in [2.45, 2.75) is 52.4 Å². The number of carbonyl (C=O) groups is 2. The van der Waals surface area contributed by atoms with Crippen LogP contribution >= 0.6 is 11.3 Å². The lowest BCUT2D eigenvalue weighted by Gasteiger charge is -2.33. The lowest BCUT2D eigenvalue weighted by atomic mass is 9.73. The van der Waals surface area contributed by atoms with E-state index in [1.165, 1.54) is 31.1 Å². The van der Waals surface area contributed by atoms with Gasteiger partial charge in [0.2, 0.25) is 5.91 Å². The Kier molecular flexibility index (Phi) is 4.18. The van der Waals surface area contributed by atoms with Crippen molar-refractivity contribution in [3.05, 3.63) is 16.5 Å². The standard InChI is InChI=1S/C15H22N2O2S/c1-9(18)17-14-11(13(16)19)8-12(20-14)10-4-6-15(2,3)7-5-10/h8,10H,4-7H2,1-3H3,(H2,16,19)(H,17,18). The van der Waals surface area contributed by atoms with Gasteiger partial charge in [0, 0.05) is 11.8 Å². The third kappa shape index (κ3) is 3.39. The fourth-order valence-electron chi connectivity index (χ4n) is 2.73. The smallest absolute Gasteiger partial charge is 0.251 e. The van der Waals surface area contributed by atoms with E-state index in [0.717, 1.165) is 17.7 Å². The molecule has 1 aromatic heterocycles. The maximum atomic E-state index is 11.5. The first-order valence-corrected chi connectivity index (χ1v) is 7.81. The number of thiophene rings is 1. The summed E-state index contributed by atoms with van der Waals surface area (Å²) in [4.78, 5) is 23.8. The van der Waals surface area contributed by atoms with E-state index >= 15 is 0 Å². The maximum Gasteiger partial charge on any atom is 0.251 e. The Morgan fingerprint density at radius 1 is 1.35 bits per heavy atom. The molecular formula is C15H22N2O2S. The van der Waals surface area contributed by atoms with Gasteiger partial charge in [-0.1, -0.05) is 13.8 Å². The van der Waals surface area contributed by atoms with Crippen LogP contribution in [0.25, 0.3) is 0 Å². The van der Waals surface area contributed by atoms with E-state index in [-0.39, 0.29) is 5.91 Å². The van der Waals surface area contributed by atoms with Crippen molar-refractivity contribution in [1.82, 2.24) is 0 Å². The van der Waals surface area contributed by atoms with Gasteiger partial charge in [-0.05, 0) is 43.1 Å². The zero-order valence-corrected chi connectivity index (χ0v) is 13.1. The molecule has 1 saturated carbocycles. The number of anilines is 1. The minimum atomic E-state index is -0.479. The summed E-state index contributed by atoms with van der Waals surface area (Å²) in [6, 6.07) is 1.86. The molecule has 5 heteroatoms. The number of amides is 2. The zero-order chi connectivity index (χ0) is 14.9. The minimum absolute atomic E-state index is 0.175. The first kappa shape index (κ1) is 15.0. The SMILES string of the molecule is CC(=O)Nc1sc(C2CCC(C)(C)CC2)cc1C(N)=O. The molecule has 1 aliphatic carbocycles. The number of carbonyl (C=O) groups excluding carboxylic acids is 2. The fraction of sp³-hybridized carbons (Fsp3) is 0.600. The number of nitrogens with two attached hydrogens (primary N) is 1. The van der Waals surface area contributed by atoms with E-state index in [2.05, 4.69) is 19.2 Å². The first-order chi connectivity index (χ1) is 9.28. The summed E-state index contributed by atoms with van der Waals surface area (Å²) in [5.41, 5.74) is 6.25. The summed E-state index contributed by atoms with van der Waals surface area (Å²) in [6.07, 6.45) is 4.64. The molecule has 2 rings (SSSR count). The molecule has 3 N–H and O–H groups in total. The number of nitrogens with one attached hydrogen (secondary N) is 1. The van der Waals surface area contributed by atoms with Crippen LogP contribution < -0.4 is 11.1 Å². The summed E-state index contributed by atoms with van der Waals surface area (Å²) < 4.78 is 0. The van der Waals surface area contributed by atoms with Gasteiger partial charge in [-0.2, -0.15) is 0 Å². The average molecular weight is 294 g/mol. The summed E-state index contributed by atoms with van der Waals surface area (Å²) in [5.74, 6) is -0.174. The molecular weight excluding hydrogens is 272 g/mol. The molecule has 0 aromatic carbocycles. The van der Waals surface area contributed by atoms with E-state index in [9.17, 15) is 9.59 Å². The molecule has 1 aliphatic rings. The predicted octanol–water partition coefficient (Wildman–Crippen LogP) is 3.49. The van der Waals surface area contributed by atoms with Crippen molar-refractivity contribution < 1.29 is 9.59 Å². The van der Waals surface area contributed by atoms with Gasteiger partial charge in [0.15, 0.2) is 0 Å². The fourth-order valence-corrected chi connectivity index (χ4v) is 4.01. The second kappa shape index (κ2) is 5.56. The summed E-state index contributed by atoms with van der Waals surface area (Å²) in [7, 11) is 0. The van der Waals surface area contributed by atoms with Crippen molar-refractivity contribution in [1.29, 1.82) is 0 Å². The Balaban J connectivity index is 2.21. The molecule has 0 aliphatic heterocycles. The van der Waals surface area contributed by atoms with E-state index in [1.54, 1.807) is 0 Å². The van der Waals surface area contributed by atoms with E-state index in [1.807, 2.05) is 6.07 Å². The molecule has 0 spiro atoms. The molecule has 110 valence electrons. The number of hydrogen-bond donors (Lipinski definition) is 2. The second-order valence-electron chi connectivity index (χ2n) is 6.38. The van der Waals surface area contributed by atoms with E-state index in [0.29, 0.717) is 21.9 Å². The molecule has 0 atom stereocenters. The van der Waals surface area contributed by atoms with Crippen molar-refractivity contribution in [3.63, 3.8) is 0 Å². The summed E-state index contributed by atoms with van der Waals surface area (Å²) >= 11 is 1.49. The van der Waals surface area contributed by atoms with E-state index in [4.69, 9.17) is 5.73 Å². The van der Waals surface area contributed by atoms with E-state index < -0.39 is 5.91 Å². The zero-order valence-electron chi connectivity index (χ0n) is 12.3. The molecule has 4 nitrogen and oxygen atoms in total. The third-order valence-corrected chi connectivity index (χ3v) is 5.26. The lowest BCUT2D eigenvalue weighted by molar-refractivity contribution is -0.114. The van der Waals surface area contributed by atoms with Crippen LogP contribution in [0.2, 0.25) is 0 Å². The Hall–Kier alpha value is -1.36. The highest BCUT2D eigenvalue weighted by atomic mass is 32.1. The van der Waals surface area contributed by atoms with Gasteiger partial charge in [-0.15, -0.1) is 11.3 Å². The van der Waals surface area contributed by atoms with Gasteiger partial charge in [0.25, 0.3) is 5.91 Å². The number of rotatable bonds is 3. The van der Waals surface area contributed by atoms with Crippen molar-refractivity contribution in [2.75, 3.05) is 5.32 Å². The van der Waals surface area contributed by atoms with Gasteiger partial charge in [-0.25, -0.2) is 0 Å². The van der Waals surface area contributed by atoms with Gasteiger partial charge in [-0.3, -0.25) is 9.59 Å². The molecule has 0 radical (unpaired) electrons. The number of hydrogen-bond acceptors (Lipinski definition) is 3. The molecule has 1 fully saturated rings. The monoisotopic (exact) mass is 294 g/mol. The molecule has 2 amide bonds. The summed E-state index contributed by atoms with van der Waals surface area (Å²) in [5, 5.41) is 3.30. The van der Waals surface area contributed by atoms with Crippen LogP contribution in [0, 0.1) is 5.41 Å². The maximum absolute atomic E-state index is 11.5. The normalized spacial score (nSPS) is 18.8. The molecule has 0 bridgehead atoms. The quantitative estimate of drug-likeness (QED) is 0.895. The topological polar surface area (TPSA) is 72.2 Å². The second-order valence-corrected chi connectivity index (χ2v) is 7.46. The van der Waals surface area contributed by atoms with Crippen LogP contribution in [-0.2, 0) is 4.79 Å². The Morgan fingerprint density at radius 2 is 1.95 bits per heavy atom. The first-order valence-electron chi connectivity index (χ1n) is 6.99. The summed E-state index contributed by atoms with van der Waals surface area (Å²) in [6.45, 7) is 6.04. The number of primary amides is 1. The van der Waals surface area contributed by atoms with Gasteiger partial charge in [0.1, 0.15) is 5.00 Å². The molecule has 1 aromatic rings. The van der Waals surface area contributed by atoms with Gasteiger partial charge >= 0.3 is 0 Å². The van der Waals surface area contributed by atoms with Crippen molar-refractivity contribution in [3.8, 4) is 0 Å². The predicted molar refractivity (Wildman–Crippen MR) is 82.1 cm³/mol. The molecule has 0 unspecified atom stereocenters. The van der Waals surface area contributed by atoms with Crippen LogP contribution in [0.5, 0.6) is 0 Å². The highest BCUT2D eigenvalue weighted by molar-refractivity contribution is 7.16. The highest BCUT2D eigenvalue weighted by Gasteiger charge is 2.29. The Morgan fingerprint density at radius 3 is 2.45 bits per heavy atom. The Labute approximate surface area is 123 Å². The van der Waals surface area contributed by atoms with Crippen LogP contribution in [-0.4, -0.2) is 11.8 Å². The van der Waals surface area contributed by atoms with Crippen LogP contribution in [0.1, 0.15) is 67.6 Å². The van der Waals surface area contributed by atoms with Crippen LogP contribution in [0.4, 0.5) is 5.00 Å². The average Bonchev–Trinajstić information content (AvgIpc) is 2.72. The largest absolute Gasteiger partial charge is 0.366 e. The molecule has 0 saturated heterocycles.